The van der Waals surface area contributed by atoms with Gasteiger partial charge in [0.2, 0.25) is 0 Å². The molecule has 176 valence electrons. The van der Waals surface area contributed by atoms with E-state index in [2.05, 4.69) is 42.8 Å². The minimum Gasteiger partial charge on any atom is -0.496 e. The highest BCUT2D eigenvalue weighted by molar-refractivity contribution is 5.88. The lowest BCUT2D eigenvalue weighted by Crippen LogP contribution is -2.53. The van der Waals surface area contributed by atoms with Crippen LogP contribution in [0.1, 0.15) is 66.7 Å². The number of carbonyl (C=O) groups is 1. The van der Waals surface area contributed by atoms with Crippen molar-refractivity contribution in [3.8, 4) is 5.75 Å². The van der Waals surface area contributed by atoms with Crippen molar-refractivity contribution in [2.24, 2.45) is 0 Å². The van der Waals surface area contributed by atoms with Gasteiger partial charge < -0.3 is 19.6 Å². The Morgan fingerprint density at radius 1 is 1.24 bits per heavy atom. The third-order valence-electron chi connectivity index (χ3n) is 6.97. The fraction of sp³-hybridized carbons (Fsp3) is 0.444. The first-order valence-corrected chi connectivity index (χ1v) is 11.6. The number of hydrogen-bond donors (Lipinski definition) is 2. The number of likely N-dealkylation sites (tertiary alicyclic amines) is 1. The number of aromatic carboxylic acids is 1. The van der Waals surface area contributed by atoms with E-state index in [1.54, 1.807) is 19.2 Å². The van der Waals surface area contributed by atoms with E-state index < -0.39 is 5.97 Å². The zero-order chi connectivity index (χ0) is 23.8. The van der Waals surface area contributed by atoms with Gasteiger partial charge in [0.1, 0.15) is 5.75 Å². The maximum absolute atomic E-state index is 11.4. The number of aromatic nitrogens is 1. The highest BCUT2D eigenvalue weighted by Gasteiger charge is 2.42. The summed E-state index contributed by atoms with van der Waals surface area (Å²) in [6.07, 6.45) is 3.91. The van der Waals surface area contributed by atoms with Gasteiger partial charge in [-0.3, -0.25) is 4.90 Å². The van der Waals surface area contributed by atoms with Gasteiger partial charge in [-0.25, -0.2) is 4.79 Å². The standard InChI is InChI=1S/C27H34N2O4/c1-6-33-20-14-23(18-7-9-19(10-8-18)26(30)31)29(27(3,4)15-20)16-22-21-11-12-28-25(21)17(2)13-24(22)32-5/h7-13,20,23,28H,6,14-16H2,1-5H3,(H,30,31)/t20-,23+/m0/s1. The van der Waals surface area contributed by atoms with Crippen LogP contribution in [0.3, 0.4) is 0 Å². The van der Waals surface area contributed by atoms with Crippen molar-refractivity contribution >= 4 is 16.9 Å². The molecule has 0 bridgehead atoms. The van der Waals surface area contributed by atoms with Gasteiger partial charge in [0.15, 0.2) is 0 Å². The Balaban J connectivity index is 1.78. The maximum atomic E-state index is 11.4. The molecule has 1 aromatic heterocycles. The molecule has 0 spiro atoms. The molecule has 0 aliphatic carbocycles. The molecule has 0 unspecified atom stereocenters. The van der Waals surface area contributed by atoms with Crippen molar-refractivity contribution in [3.05, 3.63) is 64.8 Å². The summed E-state index contributed by atoms with van der Waals surface area (Å²) in [4.78, 5) is 17.3. The lowest BCUT2D eigenvalue weighted by atomic mass is 9.81. The molecule has 0 amide bonds. The predicted molar refractivity (Wildman–Crippen MR) is 130 cm³/mol. The molecule has 0 saturated carbocycles. The number of fused-ring (bicyclic) bond motifs is 1. The van der Waals surface area contributed by atoms with E-state index in [4.69, 9.17) is 9.47 Å². The van der Waals surface area contributed by atoms with Gasteiger partial charge >= 0.3 is 5.97 Å². The molecule has 2 atom stereocenters. The number of aromatic amines is 1. The normalized spacial score (nSPS) is 20.8. The molecule has 2 heterocycles. The van der Waals surface area contributed by atoms with Gasteiger partial charge in [-0.05, 0) is 75.9 Å². The van der Waals surface area contributed by atoms with E-state index in [0.29, 0.717) is 12.2 Å². The summed E-state index contributed by atoms with van der Waals surface area (Å²) >= 11 is 0. The van der Waals surface area contributed by atoms with E-state index in [1.165, 1.54) is 5.39 Å². The van der Waals surface area contributed by atoms with Crippen LogP contribution in [-0.4, -0.2) is 46.3 Å². The number of ether oxygens (including phenoxy) is 2. The number of aryl methyl sites for hydroxylation is 1. The number of hydrogen-bond acceptors (Lipinski definition) is 4. The molecule has 6 nitrogen and oxygen atoms in total. The van der Waals surface area contributed by atoms with Gasteiger partial charge in [0, 0.05) is 47.4 Å². The van der Waals surface area contributed by atoms with Crippen LogP contribution >= 0.6 is 0 Å². The van der Waals surface area contributed by atoms with E-state index in [9.17, 15) is 9.90 Å². The van der Waals surface area contributed by atoms with Crippen molar-refractivity contribution in [1.82, 2.24) is 9.88 Å². The maximum Gasteiger partial charge on any atom is 0.335 e. The molecule has 33 heavy (non-hydrogen) atoms. The largest absolute Gasteiger partial charge is 0.496 e. The number of rotatable bonds is 7. The van der Waals surface area contributed by atoms with Crippen LogP contribution in [0.15, 0.2) is 42.6 Å². The van der Waals surface area contributed by atoms with Crippen LogP contribution in [0.4, 0.5) is 0 Å². The summed E-state index contributed by atoms with van der Waals surface area (Å²) < 4.78 is 11.9. The first-order valence-electron chi connectivity index (χ1n) is 11.6. The quantitative estimate of drug-likeness (QED) is 0.483. The molecule has 1 saturated heterocycles. The predicted octanol–water partition coefficient (Wildman–Crippen LogP) is 5.70. The molecule has 3 aromatic rings. The molecule has 1 aliphatic heterocycles. The SMILES string of the molecule is CCO[C@H]1C[C@H](c2ccc(C(=O)O)cc2)N(Cc2c(OC)cc(C)c3[nH]ccc23)C(C)(C)C1. The minimum absolute atomic E-state index is 0.0909. The molecule has 2 N–H and O–H groups in total. The van der Waals surface area contributed by atoms with Gasteiger partial charge in [0.05, 0.1) is 18.8 Å². The van der Waals surface area contributed by atoms with Crippen LogP contribution in [-0.2, 0) is 11.3 Å². The second-order valence-corrected chi connectivity index (χ2v) is 9.54. The average molecular weight is 451 g/mol. The lowest BCUT2D eigenvalue weighted by molar-refractivity contribution is -0.0753. The van der Waals surface area contributed by atoms with Crippen LogP contribution < -0.4 is 4.74 Å². The Hall–Kier alpha value is -2.83. The zero-order valence-electron chi connectivity index (χ0n) is 20.1. The number of nitrogens with one attached hydrogen (secondary N) is 1. The molecule has 6 heteroatoms. The number of H-pyrrole nitrogens is 1. The van der Waals surface area contributed by atoms with E-state index in [0.717, 1.165) is 47.3 Å². The Labute approximate surface area is 195 Å². The summed E-state index contributed by atoms with van der Waals surface area (Å²) in [6, 6.07) is 11.6. The van der Waals surface area contributed by atoms with Crippen molar-refractivity contribution in [1.29, 1.82) is 0 Å². The van der Waals surface area contributed by atoms with Crippen molar-refractivity contribution < 1.29 is 19.4 Å². The number of carboxylic acid groups (broad SMARTS) is 1. The third-order valence-corrected chi connectivity index (χ3v) is 6.97. The molecule has 1 fully saturated rings. The van der Waals surface area contributed by atoms with Crippen molar-refractivity contribution in [2.45, 2.75) is 64.8 Å². The number of piperidine rings is 1. The fourth-order valence-corrected chi connectivity index (χ4v) is 5.36. The molecular weight excluding hydrogens is 416 g/mol. The number of carboxylic acids is 1. The first kappa shape index (κ1) is 23.3. The summed E-state index contributed by atoms with van der Waals surface area (Å²) in [5, 5.41) is 10.5. The minimum atomic E-state index is -0.909. The summed E-state index contributed by atoms with van der Waals surface area (Å²) in [7, 11) is 1.73. The van der Waals surface area contributed by atoms with E-state index >= 15 is 0 Å². The van der Waals surface area contributed by atoms with Gasteiger partial charge in [-0.2, -0.15) is 0 Å². The van der Waals surface area contributed by atoms with Crippen LogP contribution in [0, 0.1) is 6.92 Å². The Morgan fingerprint density at radius 2 is 1.97 bits per heavy atom. The summed E-state index contributed by atoms with van der Waals surface area (Å²) in [6.45, 7) is 10.1. The number of nitrogens with zero attached hydrogens (tertiary/aromatic N) is 1. The molecular formula is C27H34N2O4. The Bertz CT molecular complexity index is 1130. The van der Waals surface area contributed by atoms with Gasteiger partial charge in [-0.1, -0.05) is 12.1 Å². The van der Waals surface area contributed by atoms with E-state index in [-0.39, 0.29) is 17.7 Å². The summed E-state index contributed by atoms with van der Waals surface area (Å²) in [5.74, 6) is -0.0175. The summed E-state index contributed by atoms with van der Waals surface area (Å²) in [5.41, 5.74) is 4.73. The highest BCUT2D eigenvalue weighted by atomic mass is 16.5. The first-order chi connectivity index (χ1) is 15.7. The highest BCUT2D eigenvalue weighted by Crippen LogP contribution is 2.44. The number of methoxy groups -OCH3 is 1. The van der Waals surface area contributed by atoms with E-state index in [1.807, 2.05) is 25.3 Å². The van der Waals surface area contributed by atoms with Crippen LogP contribution in [0.5, 0.6) is 5.75 Å². The fourth-order valence-electron chi connectivity index (χ4n) is 5.36. The molecule has 0 radical (unpaired) electrons. The molecule has 1 aliphatic rings. The molecule has 2 aromatic carbocycles. The second-order valence-electron chi connectivity index (χ2n) is 9.54. The smallest absolute Gasteiger partial charge is 0.335 e. The lowest BCUT2D eigenvalue weighted by Gasteiger charge is -2.51. The van der Waals surface area contributed by atoms with Crippen molar-refractivity contribution in [2.75, 3.05) is 13.7 Å². The van der Waals surface area contributed by atoms with Gasteiger partial charge in [-0.15, -0.1) is 0 Å². The van der Waals surface area contributed by atoms with Crippen LogP contribution in [0.2, 0.25) is 0 Å². The Morgan fingerprint density at radius 3 is 2.61 bits per heavy atom. The second kappa shape index (κ2) is 9.20. The Kier molecular flexibility index (Phi) is 6.50. The zero-order valence-corrected chi connectivity index (χ0v) is 20.1. The van der Waals surface area contributed by atoms with Gasteiger partial charge in [0.25, 0.3) is 0 Å². The van der Waals surface area contributed by atoms with Crippen LogP contribution in [0.25, 0.3) is 10.9 Å². The average Bonchev–Trinajstić information content (AvgIpc) is 3.27. The van der Waals surface area contributed by atoms with Crippen molar-refractivity contribution in [3.63, 3.8) is 0 Å². The topological polar surface area (TPSA) is 74.8 Å². The monoisotopic (exact) mass is 450 g/mol. The third kappa shape index (κ3) is 4.50. The number of benzene rings is 2. The molecule has 4 rings (SSSR count).